The number of rotatable bonds is 4. The molecular formula is C18H26N2O4. The average molecular weight is 334 g/mol. The van der Waals surface area contributed by atoms with E-state index in [9.17, 15) is 9.59 Å². The van der Waals surface area contributed by atoms with Gasteiger partial charge in [0.2, 0.25) is 0 Å². The lowest BCUT2D eigenvalue weighted by atomic mass is 9.87. The summed E-state index contributed by atoms with van der Waals surface area (Å²) >= 11 is 0. The maximum Gasteiger partial charge on any atom is 0.412 e. The number of carbonyl (C=O) groups excluding carboxylic acids is 2. The zero-order valence-electron chi connectivity index (χ0n) is 14.9. The van der Waals surface area contributed by atoms with E-state index in [1.807, 2.05) is 45.9 Å². The second-order valence-electron chi connectivity index (χ2n) is 7.31. The largest absolute Gasteiger partial charge is 0.468 e. The molecule has 0 bridgehead atoms. The first kappa shape index (κ1) is 18.3. The molecule has 1 aliphatic carbocycles. The summed E-state index contributed by atoms with van der Waals surface area (Å²) in [5, 5.41) is 2.77. The monoisotopic (exact) mass is 334 g/mol. The molecule has 6 heteroatoms. The second-order valence-corrected chi connectivity index (χ2v) is 7.31. The normalized spacial score (nSPS) is 16.9. The Labute approximate surface area is 142 Å². The molecule has 1 atom stereocenters. The summed E-state index contributed by atoms with van der Waals surface area (Å²) in [6.45, 7) is 7.33. The second kappa shape index (κ2) is 6.43. The molecular weight excluding hydrogens is 308 g/mol. The number of esters is 1. The molecule has 0 aliphatic heterocycles. The molecule has 1 fully saturated rings. The van der Waals surface area contributed by atoms with Gasteiger partial charge in [-0.3, -0.25) is 10.1 Å². The fourth-order valence-electron chi connectivity index (χ4n) is 2.75. The lowest BCUT2D eigenvalue weighted by molar-refractivity contribution is -0.143. The highest BCUT2D eigenvalue weighted by Gasteiger charge is 2.52. The molecule has 6 nitrogen and oxygen atoms in total. The molecule has 0 saturated heterocycles. The van der Waals surface area contributed by atoms with Gasteiger partial charge in [-0.05, 0) is 57.7 Å². The van der Waals surface area contributed by atoms with E-state index in [-0.39, 0.29) is 0 Å². The van der Waals surface area contributed by atoms with Crippen molar-refractivity contribution in [2.24, 2.45) is 5.73 Å². The molecule has 132 valence electrons. The fraction of sp³-hybridized carbons (Fsp3) is 0.556. The number of amides is 1. The summed E-state index contributed by atoms with van der Waals surface area (Å²) in [6.07, 6.45) is 1.13. The standard InChI is InChI=1S/C18H26N2O4/c1-11-6-7-12(18(8-9-18)14(19)15(21)23-5)10-13(11)20-16(22)24-17(2,3)4/h6-7,10,14H,8-9,19H2,1-5H3,(H,20,22). The van der Waals surface area contributed by atoms with Crippen molar-refractivity contribution in [1.82, 2.24) is 0 Å². The summed E-state index contributed by atoms with van der Waals surface area (Å²) < 4.78 is 10.1. The van der Waals surface area contributed by atoms with Crippen molar-refractivity contribution >= 4 is 17.7 Å². The van der Waals surface area contributed by atoms with E-state index in [0.717, 1.165) is 24.0 Å². The lowest BCUT2D eigenvalue weighted by Gasteiger charge is -2.24. The van der Waals surface area contributed by atoms with Crippen molar-refractivity contribution in [3.63, 3.8) is 0 Å². The molecule has 1 aromatic carbocycles. The van der Waals surface area contributed by atoms with Crippen molar-refractivity contribution in [2.75, 3.05) is 12.4 Å². The van der Waals surface area contributed by atoms with Crippen LogP contribution in [0.3, 0.4) is 0 Å². The molecule has 2 rings (SSSR count). The van der Waals surface area contributed by atoms with Crippen LogP contribution in [-0.2, 0) is 19.7 Å². The minimum Gasteiger partial charge on any atom is -0.468 e. The van der Waals surface area contributed by atoms with E-state index in [4.69, 9.17) is 15.2 Å². The van der Waals surface area contributed by atoms with Gasteiger partial charge in [-0.2, -0.15) is 0 Å². The molecule has 0 radical (unpaired) electrons. The third-order valence-corrected chi connectivity index (χ3v) is 4.29. The molecule has 1 aromatic rings. The van der Waals surface area contributed by atoms with Crippen LogP contribution in [0.25, 0.3) is 0 Å². The van der Waals surface area contributed by atoms with Gasteiger partial charge < -0.3 is 15.2 Å². The number of nitrogens with two attached hydrogens (primary N) is 1. The van der Waals surface area contributed by atoms with Gasteiger partial charge in [0.15, 0.2) is 0 Å². The molecule has 0 spiro atoms. The molecule has 0 heterocycles. The van der Waals surface area contributed by atoms with E-state index in [1.54, 1.807) is 0 Å². The third-order valence-electron chi connectivity index (χ3n) is 4.29. The number of ether oxygens (including phenoxy) is 2. The Kier molecular flexibility index (Phi) is 4.90. The number of hydrogen-bond acceptors (Lipinski definition) is 5. The van der Waals surface area contributed by atoms with Crippen LogP contribution < -0.4 is 11.1 Å². The van der Waals surface area contributed by atoms with Crippen LogP contribution in [0.5, 0.6) is 0 Å². The summed E-state index contributed by atoms with van der Waals surface area (Å²) in [6, 6.07) is 5.02. The van der Waals surface area contributed by atoms with Gasteiger partial charge in [0.25, 0.3) is 0 Å². The highest BCUT2D eigenvalue weighted by Crippen LogP contribution is 2.51. The molecule has 24 heavy (non-hydrogen) atoms. The summed E-state index contributed by atoms with van der Waals surface area (Å²) in [5.74, 6) is -0.422. The van der Waals surface area contributed by atoms with Crippen molar-refractivity contribution in [2.45, 2.75) is 57.6 Å². The Morgan fingerprint density at radius 2 is 1.92 bits per heavy atom. The highest BCUT2D eigenvalue weighted by molar-refractivity contribution is 5.86. The van der Waals surface area contributed by atoms with Crippen LogP contribution in [0, 0.1) is 6.92 Å². The first-order chi connectivity index (χ1) is 11.1. The summed E-state index contributed by atoms with van der Waals surface area (Å²) in [4.78, 5) is 23.8. The van der Waals surface area contributed by atoms with Gasteiger partial charge in [0.1, 0.15) is 11.6 Å². The predicted octanol–water partition coefficient (Wildman–Crippen LogP) is 2.87. The maximum absolute atomic E-state index is 12.0. The van der Waals surface area contributed by atoms with Gasteiger partial charge in [-0.25, -0.2) is 4.79 Å². The Hall–Kier alpha value is -2.08. The van der Waals surface area contributed by atoms with Crippen LogP contribution in [0.2, 0.25) is 0 Å². The SMILES string of the molecule is COC(=O)C(N)C1(c2ccc(C)c(NC(=O)OC(C)(C)C)c2)CC1. The van der Waals surface area contributed by atoms with Crippen LogP contribution in [-0.4, -0.2) is 30.8 Å². The van der Waals surface area contributed by atoms with Crippen molar-refractivity contribution in [3.05, 3.63) is 29.3 Å². The fourth-order valence-corrected chi connectivity index (χ4v) is 2.75. The first-order valence-corrected chi connectivity index (χ1v) is 8.03. The topological polar surface area (TPSA) is 90.6 Å². The number of benzene rings is 1. The van der Waals surface area contributed by atoms with Crippen LogP contribution >= 0.6 is 0 Å². The Morgan fingerprint density at radius 3 is 2.42 bits per heavy atom. The summed E-state index contributed by atoms with van der Waals surface area (Å²) in [5.41, 5.74) is 7.60. The molecule has 0 aromatic heterocycles. The number of nitrogens with one attached hydrogen (secondary N) is 1. The van der Waals surface area contributed by atoms with Gasteiger partial charge in [-0.1, -0.05) is 12.1 Å². The van der Waals surface area contributed by atoms with Crippen LogP contribution in [0.4, 0.5) is 10.5 Å². The van der Waals surface area contributed by atoms with E-state index in [2.05, 4.69) is 5.32 Å². The highest BCUT2D eigenvalue weighted by atomic mass is 16.6. The average Bonchev–Trinajstić information content (AvgIpc) is 3.27. The molecule has 1 amide bonds. The Morgan fingerprint density at radius 1 is 1.29 bits per heavy atom. The van der Waals surface area contributed by atoms with Crippen molar-refractivity contribution < 1.29 is 19.1 Å². The third kappa shape index (κ3) is 3.87. The molecule has 1 saturated carbocycles. The number of anilines is 1. The van der Waals surface area contributed by atoms with Crippen molar-refractivity contribution in [1.29, 1.82) is 0 Å². The number of hydrogen-bond donors (Lipinski definition) is 2. The number of aryl methyl sites for hydroxylation is 1. The first-order valence-electron chi connectivity index (χ1n) is 8.03. The molecule has 3 N–H and O–H groups in total. The smallest absolute Gasteiger partial charge is 0.412 e. The lowest BCUT2D eigenvalue weighted by Crippen LogP contribution is -2.42. The number of carbonyl (C=O) groups is 2. The predicted molar refractivity (Wildman–Crippen MR) is 91.9 cm³/mol. The maximum atomic E-state index is 12.0. The van der Waals surface area contributed by atoms with Crippen LogP contribution in [0.15, 0.2) is 18.2 Å². The van der Waals surface area contributed by atoms with E-state index >= 15 is 0 Å². The van der Waals surface area contributed by atoms with E-state index < -0.39 is 29.1 Å². The van der Waals surface area contributed by atoms with Gasteiger partial charge in [-0.15, -0.1) is 0 Å². The minimum absolute atomic E-state index is 0.412. The van der Waals surface area contributed by atoms with Gasteiger partial charge in [0.05, 0.1) is 7.11 Å². The van der Waals surface area contributed by atoms with Crippen molar-refractivity contribution in [3.8, 4) is 0 Å². The quantitative estimate of drug-likeness (QED) is 0.826. The number of methoxy groups -OCH3 is 1. The zero-order valence-corrected chi connectivity index (χ0v) is 14.9. The minimum atomic E-state index is -0.709. The van der Waals surface area contributed by atoms with Gasteiger partial charge >= 0.3 is 12.1 Å². The van der Waals surface area contributed by atoms with Gasteiger partial charge in [0, 0.05) is 11.1 Å². The van der Waals surface area contributed by atoms with E-state index in [1.165, 1.54) is 7.11 Å². The Bertz CT molecular complexity index is 645. The zero-order chi connectivity index (χ0) is 18.1. The van der Waals surface area contributed by atoms with Crippen LogP contribution in [0.1, 0.15) is 44.7 Å². The Balaban J connectivity index is 2.23. The molecule has 1 unspecified atom stereocenters. The molecule has 1 aliphatic rings. The van der Waals surface area contributed by atoms with E-state index in [0.29, 0.717) is 5.69 Å². The summed E-state index contributed by atoms with van der Waals surface area (Å²) in [7, 11) is 1.34.